The fraction of sp³-hybridized carbons (Fsp3) is 0.318. The Morgan fingerprint density at radius 1 is 1.15 bits per heavy atom. The fourth-order valence-electron chi connectivity index (χ4n) is 2.68. The van der Waals surface area contributed by atoms with E-state index in [9.17, 15) is 22.8 Å². The van der Waals surface area contributed by atoms with Crippen molar-refractivity contribution in [3.63, 3.8) is 0 Å². The van der Waals surface area contributed by atoms with Crippen LogP contribution in [0.5, 0.6) is 0 Å². The zero-order valence-corrected chi connectivity index (χ0v) is 18.6. The summed E-state index contributed by atoms with van der Waals surface area (Å²) >= 11 is 0. The van der Waals surface area contributed by atoms with Crippen LogP contribution in [0.25, 0.3) is 0 Å². The maximum Gasteiger partial charge on any atom is 0.277 e. The van der Waals surface area contributed by atoms with Gasteiger partial charge >= 0.3 is 0 Å². The monoisotopic (exact) mass is 482 g/mol. The zero-order valence-electron chi connectivity index (χ0n) is 18.6. The van der Waals surface area contributed by atoms with Gasteiger partial charge in [-0.05, 0) is 37.1 Å². The number of amides is 2. The first-order valence-corrected chi connectivity index (χ1v) is 10.2. The first-order chi connectivity index (χ1) is 16.3. The Kier molecular flexibility index (Phi) is 10.3. The van der Waals surface area contributed by atoms with Gasteiger partial charge in [-0.3, -0.25) is 14.4 Å². The molecule has 0 atom stereocenters. The van der Waals surface area contributed by atoms with Gasteiger partial charge in [0, 0.05) is 19.0 Å². The number of rotatable bonds is 12. The van der Waals surface area contributed by atoms with E-state index in [2.05, 4.69) is 15.8 Å². The number of anilines is 2. The normalized spacial score (nSPS) is 10.9. The van der Waals surface area contributed by atoms with Gasteiger partial charge in [0.05, 0.1) is 36.4 Å². The van der Waals surface area contributed by atoms with Crippen LogP contribution in [0.2, 0.25) is 0 Å². The lowest BCUT2D eigenvalue weighted by molar-refractivity contribution is -0.120. The average molecular weight is 482 g/mol. The number of nitrogens with one attached hydrogen (secondary N) is 3. The molecule has 0 aliphatic rings. The Hall–Kier alpha value is -3.64. The molecule has 34 heavy (non-hydrogen) atoms. The molecule has 12 heteroatoms. The van der Waals surface area contributed by atoms with E-state index in [4.69, 9.17) is 14.8 Å². The number of carbonyl (C=O) groups is 2. The smallest absolute Gasteiger partial charge is 0.277 e. The van der Waals surface area contributed by atoms with Gasteiger partial charge in [0.1, 0.15) is 12.4 Å². The number of hydrogen-bond donors (Lipinski definition) is 4. The summed E-state index contributed by atoms with van der Waals surface area (Å²) in [5.74, 6) is -4.73. The molecule has 0 heterocycles. The molecular formula is C22H25F3N4O5. The summed E-state index contributed by atoms with van der Waals surface area (Å²) in [5, 5.41) is 17.2. The van der Waals surface area contributed by atoms with E-state index in [1.54, 1.807) is 13.0 Å². The lowest BCUT2D eigenvalue weighted by atomic mass is 10.1. The number of nitrogens with zero attached hydrogens (tertiary/aromatic N) is 1. The molecule has 0 aromatic heterocycles. The molecule has 0 spiro atoms. The molecule has 9 nitrogen and oxygen atoms in total. The summed E-state index contributed by atoms with van der Waals surface area (Å²) in [4.78, 5) is 33.4. The molecular weight excluding hydrogens is 457 g/mol. The van der Waals surface area contributed by atoms with Gasteiger partial charge in [-0.15, -0.1) is 0 Å². The lowest BCUT2D eigenvalue weighted by Gasteiger charge is -2.15. The number of benzene rings is 2. The molecule has 2 amide bonds. The highest BCUT2D eigenvalue weighted by Crippen LogP contribution is 2.30. The quantitative estimate of drug-likeness (QED) is 0.210. The number of hydroxylamine groups is 1. The van der Waals surface area contributed by atoms with Crippen molar-refractivity contribution in [2.24, 2.45) is 5.16 Å². The maximum atomic E-state index is 15.0. The van der Waals surface area contributed by atoms with Crippen molar-refractivity contribution in [2.45, 2.75) is 19.8 Å². The minimum Gasteiger partial charge on any atom is -0.396 e. The summed E-state index contributed by atoms with van der Waals surface area (Å²) in [7, 11) is 1.49. The Labute approximate surface area is 193 Å². The Balaban J connectivity index is 2.31. The molecule has 4 N–H and O–H groups in total. The van der Waals surface area contributed by atoms with Crippen LogP contribution in [0.3, 0.4) is 0 Å². The van der Waals surface area contributed by atoms with E-state index < -0.39 is 46.8 Å². The summed E-state index contributed by atoms with van der Waals surface area (Å²) in [6, 6.07) is 5.02. The number of carbonyl (C=O) groups excluding carboxylic acids is 2. The van der Waals surface area contributed by atoms with Gasteiger partial charge in [0.2, 0.25) is 5.91 Å². The van der Waals surface area contributed by atoms with Crippen molar-refractivity contribution >= 4 is 29.4 Å². The number of aliphatic hydroxyl groups excluding tert-OH is 1. The molecule has 0 radical (unpaired) electrons. The molecule has 0 aliphatic carbocycles. The number of aryl methyl sites for hydroxylation is 1. The summed E-state index contributed by atoms with van der Waals surface area (Å²) in [5.41, 5.74) is 0.933. The van der Waals surface area contributed by atoms with E-state index in [0.29, 0.717) is 12.0 Å². The minimum atomic E-state index is -1.46. The molecule has 184 valence electrons. The van der Waals surface area contributed by atoms with Crippen molar-refractivity contribution in [1.29, 1.82) is 0 Å². The van der Waals surface area contributed by atoms with Crippen LogP contribution in [-0.2, 0) is 14.5 Å². The highest BCUT2D eigenvalue weighted by atomic mass is 19.2. The van der Waals surface area contributed by atoms with Crippen LogP contribution < -0.4 is 16.1 Å². The third-order valence-corrected chi connectivity index (χ3v) is 4.41. The predicted octanol–water partition coefficient (Wildman–Crippen LogP) is 2.69. The summed E-state index contributed by atoms with van der Waals surface area (Å²) in [6.45, 7) is 1.05. The highest BCUT2D eigenvalue weighted by molar-refractivity contribution is 6.01. The second-order valence-corrected chi connectivity index (χ2v) is 6.97. The molecule has 2 aromatic carbocycles. The predicted molar refractivity (Wildman–Crippen MR) is 118 cm³/mol. The van der Waals surface area contributed by atoms with Crippen molar-refractivity contribution in [2.75, 3.05) is 32.2 Å². The third-order valence-electron chi connectivity index (χ3n) is 4.41. The van der Waals surface area contributed by atoms with Crippen LogP contribution in [0, 0.1) is 24.4 Å². The largest absolute Gasteiger partial charge is 0.396 e. The molecule has 0 aliphatic heterocycles. The van der Waals surface area contributed by atoms with Gasteiger partial charge in [0.25, 0.3) is 5.91 Å². The fourth-order valence-corrected chi connectivity index (χ4v) is 2.68. The van der Waals surface area contributed by atoms with Gasteiger partial charge in [0.15, 0.2) is 11.6 Å². The van der Waals surface area contributed by atoms with Crippen molar-refractivity contribution in [3.8, 4) is 0 Å². The molecule has 2 aromatic rings. The maximum absolute atomic E-state index is 15.0. The number of halogens is 3. The molecule has 0 saturated heterocycles. The lowest BCUT2D eigenvalue weighted by Crippen LogP contribution is -2.26. The Bertz CT molecular complexity index is 1050. The number of oxime groups is 1. The van der Waals surface area contributed by atoms with Crippen molar-refractivity contribution in [3.05, 3.63) is 58.4 Å². The van der Waals surface area contributed by atoms with Gasteiger partial charge < -0.3 is 20.6 Å². The van der Waals surface area contributed by atoms with Gasteiger partial charge in [-0.2, -0.15) is 0 Å². The van der Waals surface area contributed by atoms with Gasteiger partial charge in [-0.25, -0.2) is 18.7 Å². The van der Waals surface area contributed by atoms with E-state index in [1.807, 2.05) is 5.48 Å². The SMILES string of the molecule is CNC(=O)CCCO/N=C/c1cc(C(=O)NOCCO)c(Nc2ccc(C)cc2F)c(F)c1F. The van der Waals surface area contributed by atoms with E-state index in [-0.39, 0.29) is 31.2 Å². The van der Waals surface area contributed by atoms with E-state index in [1.165, 1.54) is 19.2 Å². The second kappa shape index (κ2) is 13.2. The second-order valence-electron chi connectivity index (χ2n) is 6.97. The Morgan fingerprint density at radius 3 is 2.59 bits per heavy atom. The summed E-state index contributed by atoms with van der Waals surface area (Å²) in [6.07, 6.45) is 1.40. The van der Waals surface area contributed by atoms with Crippen LogP contribution in [0.1, 0.15) is 34.3 Å². The first-order valence-electron chi connectivity index (χ1n) is 10.2. The summed E-state index contributed by atoms with van der Waals surface area (Å²) < 4.78 is 43.9. The molecule has 0 fully saturated rings. The Morgan fingerprint density at radius 2 is 1.91 bits per heavy atom. The van der Waals surface area contributed by atoms with Crippen LogP contribution in [-0.4, -0.2) is 50.0 Å². The highest BCUT2D eigenvalue weighted by Gasteiger charge is 2.23. The van der Waals surface area contributed by atoms with Crippen molar-refractivity contribution in [1.82, 2.24) is 10.8 Å². The van der Waals surface area contributed by atoms with Crippen LogP contribution in [0.15, 0.2) is 29.4 Å². The number of hydrogen-bond acceptors (Lipinski definition) is 7. The van der Waals surface area contributed by atoms with E-state index in [0.717, 1.165) is 12.3 Å². The topological polar surface area (TPSA) is 121 Å². The average Bonchev–Trinajstić information content (AvgIpc) is 2.81. The standard InChI is InChI=1S/C22H25F3N4O5/c1-13-5-6-17(16(23)10-13)28-21-15(22(32)29-34-9-7-30)11-14(19(24)20(21)25)12-27-33-8-3-4-18(31)26-2/h5-6,10-12,28,30H,3-4,7-9H2,1-2H3,(H,26,31)(H,29,32)/b27-12+. The zero-order chi connectivity index (χ0) is 25.1. The van der Waals surface area contributed by atoms with Crippen LogP contribution in [0.4, 0.5) is 24.5 Å². The van der Waals surface area contributed by atoms with Crippen molar-refractivity contribution < 1.29 is 37.5 Å². The first kappa shape index (κ1) is 26.6. The molecule has 2 rings (SSSR count). The van der Waals surface area contributed by atoms with Gasteiger partial charge in [-0.1, -0.05) is 11.2 Å². The third kappa shape index (κ3) is 7.46. The molecule has 0 unspecified atom stereocenters. The molecule has 0 saturated carbocycles. The number of aliphatic hydroxyl groups is 1. The van der Waals surface area contributed by atoms with E-state index >= 15 is 0 Å². The minimum absolute atomic E-state index is 0.0443. The molecule has 0 bridgehead atoms. The van der Waals surface area contributed by atoms with Crippen LogP contribution >= 0.6 is 0 Å².